The molecule has 0 unspecified atom stereocenters. The number of aromatic nitrogens is 1. The van der Waals surface area contributed by atoms with Gasteiger partial charge in [0.1, 0.15) is 5.75 Å². The number of pyridine rings is 1. The SMILES string of the molecule is CCCOc1ccccc1/C=C/C(=O)Nc1ccnc(C)c1. The second-order valence-corrected chi connectivity index (χ2v) is 4.89. The van der Waals surface area contributed by atoms with E-state index in [1.807, 2.05) is 37.3 Å². The van der Waals surface area contributed by atoms with Gasteiger partial charge in [-0.05, 0) is 37.6 Å². The number of nitrogens with one attached hydrogen (secondary N) is 1. The summed E-state index contributed by atoms with van der Waals surface area (Å²) in [6.07, 6.45) is 5.88. The molecule has 1 amide bonds. The number of hydrogen-bond acceptors (Lipinski definition) is 3. The standard InChI is InChI=1S/C18H20N2O2/c1-3-12-22-17-7-5-4-6-15(17)8-9-18(21)20-16-10-11-19-14(2)13-16/h4-11,13H,3,12H2,1-2H3,(H,19,20,21)/b9-8+. The van der Waals surface area contributed by atoms with Crippen LogP contribution in [0.5, 0.6) is 5.75 Å². The van der Waals surface area contributed by atoms with E-state index in [0.717, 1.165) is 29.1 Å². The molecule has 0 fully saturated rings. The molecule has 1 N–H and O–H groups in total. The van der Waals surface area contributed by atoms with E-state index >= 15 is 0 Å². The fourth-order valence-electron chi connectivity index (χ4n) is 1.93. The first-order chi connectivity index (χ1) is 10.7. The number of amides is 1. The minimum Gasteiger partial charge on any atom is -0.493 e. The molecule has 1 heterocycles. The number of carbonyl (C=O) groups is 1. The number of aryl methyl sites for hydroxylation is 1. The first kappa shape index (κ1) is 15.8. The highest BCUT2D eigenvalue weighted by Crippen LogP contribution is 2.19. The summed E-state index contributed by atoms with van der Waals surface area (Å²) < 4.78 is 5.66. The van der Waals surface area contributed by atoms with Crippen molar-refractivity contribution in [2.45, 2.75) is 20.3 Å². The maximum atomic E-state index is 12.0. The highest BCUT2D eigenvalue weighted by molar-refractivity contribution is 6.02. The molecule has 22 heavy (non-hydrogen) atoms. The van der Waals surface area contributed by atoms with Crippen LogP contribution in [0.3, 0.4) is 0 Å². The van der Waals surface area contributed by atoms with Crippen LogP contribution in [0, 0.1) is 6.92 Å². The smallest absolute Gasteiger partial charge is 0.248 e. The number of benzene rings is 1. The summed E-state index contributed by atoms with van der Waals surface area (Å²) in [5, 5.41) is 2.81. The van der Waals surface area contributed by atoms with E-state index in [-0.39, 0.29) is 5.91 Å². The quantitative estimate of drug-likeness (QED) is 0.824. The summed E-state index contributed by atoms with van der Waals surface area (Å²) >= 11 is 0. The van der Waals surface area contributed by atoms with Crippen LogP contribution in [0.2, 0.25) is 0 Å². The molecule has 1 aromatic carbocycles. The van der Waals surface area contributed by atoms with Gasteiger partial charge < -0.3 is 10.1 Å². The summed E-state index contributed by atoms with van der Waals surface area (Å²) in [7, 11) is 0. The van der Waals surface area contributed by atoms with Crippen molar-refractivity contribution < 1.29 is 9.53 Å². The predicted octanol–water partition coefficient (Wildman–Crippen LogP) is 3.83. The molecule has 0 aliphatic carbocycles. The van der Waals surface area contributed by atoms with Crippen LogP contribution < -0.4 is 10.1 Å². The first-order valence-corrected chi connectivity index (χ1v) is 7.32. The van der Waals surface area contributed by atoms with Crippen LogP contribution in [0.25, 0.3) is 6.08 Å². The van der Waals surface area contributed by atoms with Crippen molar-refractivity contribution in [2.24, 2.45) is 0 Å². The van der Waals surface area contributed by atoms with E-state index < -0.39 is 0 Å². The minimum absolute atomic E-state index is 0.184. The lowest BCUT2D eigenvalue weighted by atomic mass is 10.2. The third-order valence-corrected chi connectivity index (χ3v) is 2.96. The van der Waals surface area contributed by atoms with Gasteiger partial charge in [0.15, 0.2) is 0 Å². The van der Waals surface area contributed by atoms with Gasteiger partial charge in [-0.15, -0.1) is 0 Å². The predicted molar refractivity (Wildman–Crippen MR) is 88.9 cm³/mol. The Labute approximate surface area is 130 Å². The molecular formula is C18H20N2O2. The third kappa shape index (κ3) is 4.74. The maximum Gasteiger partial charge on any atom is 0.248 e. The van der Waals surface area contributed by atoms with Crippen molar-refractivity contribution in [1.82, 2.24) is 4.98 Å². The monoisotopic (exact) mass is 296 g/mol. The van der Waals surface area contributed by atoms with Crippen molar-refractivity contribution in [3.63, 3.8) is 0 Å². The molecule has 4 heteroatoms. The van der Waals surface area contributed by atoms with E-state index in [2.05, 4.69) is 17.2 Å². The third-order valence-electron chi connectivity index (χ3n) is 2.96. The van der Waals surface area contributed by atoms with E-state index in [1.54, 1.807) is 18.3 Å². The molecule has 0 spiro atoms. The van der Waals surface area contributed by atoms with E-state index in [4.69, 9.17) is 4.74 Å². The zero-order chi connectivity index (χ0) is 15.8. The summed E-state index contributed by atoms with van der Waals surface area (Å²) in [5.74, 6) is 0.601. The van der Waals surface area contributed by atoms with Crippen LogP contribution >= 0.6 is 0 Å². The Morgan fingerprint density at radius 1 is 1.32 bits per heavy atom. The second kappa shape index (κ2) is 7.98. The molecule has 0 saturated heterocycles. The Morgan fingerprint density at radius 3 is 2.91 bits per heavy atom. The molecule has 2 rings (SSSR count). The molecule has 4 nitrogen and oxygen atoms in total. The fraction of sp³-hybridized carbons (Fsp3) is 0.222. The molecule has 0 aliphatic heterocycles. The highest BCUT2D eigenvalue weighted by Gasteiger charge is 2.01. The summed E-state index contributed by atoms with van der Waals surface area (Å²) in [4.78, 5) is 16.1. The number of para-hydroxylation sites is 1. The highest BCUT2D eigenvalue weighted by atomic mass is 16.5. The normalized spacial score (nSPS) is 10.6. The van der Waals surface area contributed by atoms with Crippen LogP contribution in [0.1, 0.15) is 24.6 Å². The fourth-order valence-corrected chi connectivity index (χ4v) is 1.93. The number of carbonyl (C=O) groups excluding carboxylic acids is 1. The summed E-state index contributed by atoms with van der Waals surface area (Å²) in [6, 6.07) is 11.2. The van der Waals surface area contributed by atoms with E-state index in [1.165, 1.54) is 6.08 Å². The molecule has 114 valence electrons. The zero-order valence-corrected chi connectivity index (χ0v) is 12.9. The molecule has 1 aromatic heterocycles. The van der Waals surface area contributed by atoms with Gasteiger partial charge in [-0.2, -0.15) is 0 Å². The average molecular weight is 296 g/mol. The van der Waals surface area contributed by atoms with Gasteiger partial charge in [-0.25, -0.2) is 0 Å². The van der Waals surface area contributed by atoms with Crippen molar-refractivity contribution >= 4 is 17.7 Å². The van der Waals surface area contributed by atoms with E-state index in [0.29, 0.717) is 6.61 Å². The molecule has 0 aliphatic rings. The number of hydrogen-bond donors (Lipinski definition) is 1. The number of ether oxygens (including phenoxy) is 1. The van der Waals surface area contributed by atoms with E-state index in [9.17, 15) is 4.79 Å². The Morgan fingerprint density at radius 2 is 2.14 bits per heavy atom. The van der Waals surface area contributed by atoms with Crippen molar-refractivity contribution in [3.05, 3.63) is 59.9 Å². The van der Waals surface area contributed by atoms with Crippen LogP contribution in [0.15, 0.2) is 48.7 Å². The van der Waals surface area contributed by atoms with Crippen LogP contribution in [-0.2, 0) is 4.79 Å². The topological polar surface area (TPSA) is 51.2 Å². The van der Waals surface area contributed by atoms with Gasteiger partial charge in [0.2, 0.25) is 5.91 Å². The minimum atomic E-state index is -0.184. The van der Waals surface area contributed by atoms with Crippen molar-refractivity contribution in [3.8, 4) is 5.75 Å². The summed E-state index contributed by atoms with van der Waals surface area (Å²) in [6.45, 7) is 4.60. The molecule has 0 bridgehead atoms. The van der Waals surface area contributed by atoms with Crippen molar-refractivity contribution in [1.29, 1.82) is 0 Å². The molecule has 2 aromatic rings. The largest absolute Gasteiger partial charge is 0.493 e. The average Bonchev–Trinajstić information content (AvgIpc) is 2.51. The Bertz CT molecular complexity index is 666. The zero-order valence-electron chi connectivity index (χ0n) is 12.9. The Balaban J connectivity index is 2.03. The van der Waals surface area contributed by atoms with Gasteiger partial charge >= 0.3 is 0 Å². The second-order valence-electron chi connectivity index (χ2n) is 4.89. The van der Waals surface area contributed by atoms with Crippen LogP contribution in [-0.4, -0.2) is 17.5 Å². The molecule has 0 atom stereocenters. The van der Waals surface area contributed by atoms with Crippen LogP contribution in [0.4, 0.5) is 5.69 Å². The molecule has 0 saturated carbocycles. The lowest BCUT2D eigenvalue weighted by Crippen LogP contribution is -2.08. The number of rotatable bonds is 6. The van der Waals surface area contributed by atoms with Gasteiger partial charge in [0.25, 0.3) is 0 Å². The van der Waals surface area contributed by atoms with Gasteiger partial charge in [0, 0.05) is 29.2 Å². The lowest BCUT2D eigenvalue weighted by Gasteiger charge is -2.07. The van der Waals surface area contributed by atoms with Gasteiger partial charge in [-0.1, -0.05) is 25.1 Å². The van der Waals surface area contributed by atoms with Crippen molar-refractivity contribution in [2.75, 3.05) is 11.9 Å². The molecule has 0 radical (unpaired) electrons. The van der Waals surface area contributed by atoms with Gasteiger partial charge in [-0.3, -0.25) is 9.78 Å². The molecular weight excluding hydrogens is 276 g/mol. The summed E-state index contributed by atoms with van der Waals surface area (Å²) in [5.41, 5.74) is 2.48. The maximum absolute atomic E-state index is 12.0. The number of anilines is 1. The van der Waals surface area contributed by atoms with Gasteiger partial charge in [0.05, 0.1) is 6.61 Å². The lowest BCUT2D eigenvalue weighted by molar-refractivity contribution is -0.111. The Hall–Kier alpha value is -2.62. The first-order valence-electron chi connectivity index (χ1n) is 7.32. The number of nitrogens with zero attached hydrogens (tertiary/aromatic N) is 1. The Kier molecular flexibility index (Phi) is 5.72.